The Labute approximate surface area is 99.1 Å². The van der Waals surface area contributed by atoms with Gasteiger partial charge in [0.2, 0.25) is 12.2 Å². The van der Waals surface area contributed by atoms with Gasteiger partial charge in [-0.2, -0.15) is 0 Å². The van der Waals surface area contributed by atoms with E-state index >= 15 is 0 Å². The van der Waals surface area contributed by atoms with Crippen molar-refractivity contribution in [2.45, 2.75) is 26.1 Å². The van der Waals surface area contributed by atoms with Crippen LogP contribution in [0.25, 0.3) is 0 Å². The molecule has 5 nitrogen and oxygen atoms in total. The Morgan fingerprint density at radius 3 is 2.88 bits per heavy atom. The molecule has 0 saturated carbocycles. The largest absolute Gasteiger partial charge is 0.345 e. The normalized spacial score (nSPS) is 20.2. The van der Waals surface area contributed by atoms with Gasteiger partial charge in [0.15, 0.2) is 0 Å². The molecule has 0 aliphatic carbocycles. The van der Waals surface area contributed by atoms with Gasteiger partial charge in [-0.05, 0) is 24.5 Å². The van der Waals surface area contributed by atoms with Gasteiger partial charge in [-0.15, -0.1) is 0 Å². The van der Waals surface area contributed by atoms with Crippen molar-refractivity contribution < 1.29 is 14.3 Å². The minimum atomic E-state index is -0.390. The Morgan fingerprint density at radius 1 is 1.35 bits per heavy atom. The molecule has 17 heavy (non-hydrogen) atoms. The zero-order valence-electron chi connectivity index (χ0n) is 9.66. The molecule has 1 fully saturated rings. The van der Waals surface area contributed by atoms with Gasteiger partial charge in [-0.1, -0.05) is 6.07 Å². The van der Waals surface area contributed by atoms with Gasteiger partial charge < -0.3 is 14.8 Å². The average Bonchev–Trinajstić information content (AvgIpc) is 2.82. The Morgan fingerprint density at radius 2 is 2.12 bits per heavy atom. The van der Waals surface area contributed by atoms with E-state index in [0.29, 0.717) is 25.5 Å². The lowest BCUT2D eigenvalue weighted by Gasteiger charge is -2.19. The van der Waals surface area contributed by atoms with E-state index in [1.165, 1.54) is 0 Å². The van der Waals surface area contributed by atoms with Crippen LogP contribution in [0.1, 0.15) is 29.5 Å². The molecule has 0 spiro atoms. The smallest absolute Gasteiger partial charge is 0.225 e. The van der Waals surface area contributed by atoms with Crippen LogP contribution in [0.4, 0.5) is 5.82 Å². The summed E-state index contributed by atoms with van der Waals surface area (Å²) in [5.41, 5.74) is 2.90. The van der Waals surface area contributed by atoms with E-state index in [2.05, 4.69) is 16.4 Å². The quantitative estimate of drug-likeness (QED) is 0.796. The fourth-order valence-corrected chi connectivity index (χ4v) is 2.18. The van der Waals surface area contributed by atoms with Crippen molar-refractivity contribution in [2.75, 3.05) is 18.5 Å². The fraction of sp³-hybridized carbons (Fsp3) is 0.500. The maximum atomic E-state index is 11.3. The number of pyridine rings is 1. The summed E-state index contributed by atoms with van der Waals surface area (Å²) in [6.07, 6.45) is 0.894. The first kappa shape index (κ1) is 10.7. The molecule has 3 rings (SSSR count). The number of anilines is 1. The van der Waals surface area contributed by atoms with Gasteiger partial charge in [-0.3, -0.25) is 4.79 Å². The highest BCUT2D eigenvalue weighted by molar-refractivity contribution is 5.92. The molecule has 1 N–H and O–H groups in total. The molecule has 1 aromatic heterocycles. The molecule has 0 atom stereocenters. The number of fused-ring (bicyclic) bond motifs is 1. The van der Waals surface area contributed by atoms with Crippen molar-refractivity contribution in [2.24, 2.45) is 0 Å². The van der Waals surface area contributed by atoms with E-state index in [4.69, 9.17) is 9.47 Å². The second kappa shape index (κ2) is 4.09. The number of nitrogens with zero attached hydrogens (tertiary/aromatic N) is 1. The summed E-state index contributed by atoms with van der Waals surface area (Å²) in [5.74, 6) is 0.675. The first-order chi connectivity index (χ1) is 8.24. The third kappa shape index (κ3) is 1.92. The predicted octanol–water partition coefficient (Wildman–Crippen LogP) is 1.32. The highest BCUT2D eigenvalue weighted by Gasteiger charge is 2.25. The number of ether oxygens (including phenoxy) is 2. The van der Waals surface area contributed by atoms with Crippen molar-refractivity contribution in [3.05, 3.63) is 22.9 Å². The lowest BCUT2D eigenvalue weighted by Crippen LogP contribution is -2.21. The molecule has 3 heterocycles. The summed E-state index contributed by atoms with van der Waals surface area (Å²) in [5, 5.41) is 2.79. The summed E-state index contributed by atoms with van der Waals surface area (Å²) in [6.45, 7) is 3.18. The molecule has 5 heteroatoms. The van der Waals surface area contributed by atoms with Crippen molar-refractivity contribution in [1.82, 2.24) is 4.98 Å². The number of rotatable bonds is 1. The van der Waals surface area contributed by atoms with Crippen LogP contribution < -0.4 is 5.32 Å². The summed E-state index contributed by atoms with van der Waals surface area (Å²) in [4.78, 5) is 15.8. The third-order valence-corrected chi connectivity index (χ3v) is 3.06. The zero-order valence-corrected chi connectivity index (χ0v) is 9.66. The van der Waals surface area contributed by atoms with Crippen LogP contribution in [0.5, 0.6) is 0 Å². The number of aromatic nitrogens is 1. The predicted molar refractivity (Wildman–Crippen MR) is 60.6 cm³/mol. The molecule has 0 radical (unpaired) electrons. The molecule has 1 saturated heterocycles. The molecule has 90 valence electrons. The molecule has 1 aromatic rings. The first-order valence-corrected chi connectivity index (χ1v) is 5.77. The van der Waals surface area contributed by atoms with Gasteiger partial charge in [0.25, 0.3) is 0 Å². The zero-order chi connectivity index (χ0) is 11.8. The molecule has 0 bridgehead atoms. The Balaban J connectivity index is 1.99. The monoisotopic (exact) mass is 234 g/mol. The molecule has 1 amide bonds. The van der Waals surface area contributed by atoms with Crippen LogP contribution in [0.15, 0.2) is 6.07 Å². The molecule has 2 aliphatic heterocycles. The van der Waals surface area contributed by atoms with E-state index in [0.717, 1.165) is 23.2 Å². The second-order valence-electron chi connectivity index (χ2n) is 4.32. The van der Waals surface area contributed by atoms with Crippen molar-refractivity contribution >= 4 is 11.7 Å². The Bertz CT molecular complexity index is 467. The number of hydrogen-bond donors (Lipinski definition) is 1. The van der Waals surface area contributed by atoms with Gasteiger partial charge in [-0.25, -0.2) is 4.98 Å². The van der Waals surface area contributed by atoms with Crippen molar-refractivity contribution in [3.63, 3.8) is 0 Å². The number of amides is 1. The lowest BCUT2D eigenvalue weighted by atomic mass is 10.0. The minimum Gasteiger partial charge on any atom is -0.345 e. The highest BCUT2D eigenvalue weighted by Crippen LogP contribution is 2.29. The van der Waals surface area contributed by atoms with Crippen LogP contribution in [0.3, 0.4) is 0 Å². The number of nitrogens with one attached hydrogen (secondary N) is 1. The number of carbonyl (C=O) groups excluding carboxylic acids is 1. The summed E-state index contributed by atoms with van der Waals surface area (Å²) in [6, 6.07) is 2.06. The maximum Gasteiger partial charge on any atom is 0.225 e. The van der Waals surface area contributed by atoms with Gasteiger partial charge in [0.1, 0.15) is 11.5 Å². The van der Waals surface area contributed by atoms with Gasteiger partial charge in [0, 0.05) is 6.42 Å². The maximum absolute atomic E-state index is 11.3. The van der Waals surface area contributed by atoms with Gasteiger partial charge >= 0.3 is 0 Å². The molecular formula is C12H14N2O3. The van der Waals surface area contributed by atoms with E-state index in [9.17, 15) is 4.79 Å². The van der Waals surface area contributed by atoms with Crippen molar-refractivity contribution in [3.8, 4) is 0 Å². The van der Waals surface area contributed by atoms with E-state index < -0.39 is 0 Å². The number of carbonyl (C=O) groups is 1. The van der Waals surface area contributed by atoms with Crippen LogP contribution in [-0.2, 0) is 20.7 Å². The Hall–Kier alpha value is -1.46. The molecular weight excluding hydrogens is 220 g/mol. The molecule has 0 unspecified atom stereocenters. The minimum absolute atomic E-state index is 0.0214. The van der Waals surface area contributed by atoms with Crippen molar-refractivity contribution in [1.29, 1.82) is 0 Å². The summed E-state index contributed by atoms with van der Waals surface area (Å²) in [7, 11) is 0. The van der Waals surface area contributed by atoms with Crippen LogP contribution >= 0.6 is 0 Å². The molecule has 2 aliphatic rings. The average molecular weight is 234 g/mol. The van der Waals surface area contributed by atoms with Crippen LogP contribution in [-0.4, -0.2) is 24.1 Å². The standard InChI is InChI=1S/C12H14N2O3/c1-7-6-8-2-3-9(15)13-11(8)14-10(7)12-16-4-5-17-12/h6,12H,2-5H2,1H3,(H,13,14,15). The fourth-order valence-electron chi connectivity index (χ4n) is 2.18. The van der Waals surface area contributed by atoms with E-state index in [-0.39, 0.29) is 12.2 Å². The van der Waals surface area contributed by atoms with Crippen LogP contribution in [0, 0.1) is 6.92 Å². The third-order valence-electron chi connectivity index (χ3n) is 3.06. The summed E-state index contributed by atoms with van der Waals surface area (Å²) < 4.78 is 10.9. The van der Waals surface area contributed by atoms with Gasteiger partial charge in [0.05, 0.1) is 13.2 Å². The lowest BCUT2D eigenvalue weighted by molar-refractivity contribution is -0.116. The van der Waals surface area contributed by atoms with Crippen LogP contribution in [0.2, 0.25) is 0 Å². The first-order valence-electron chi connectivity index (χ1n) is 5.77. The highest BCUT2D eigenvalue weighted by atomic mass is 16.7. The number of hydrogen-bond acceptors (Lipinski definition) is 4. The number of aryl methyl sites for hydroxylation is 2. The Kier molecular flexibility index (Phi) is 2.57. The second-order valence-corrected chi connectivity index (χ2v) is 4.32. The summed E-state index contributed by atoms with van der Waals surface area (Å²) >= 11 is 0. The SMILES string of the molecule is Cc1cc2c(nc1C1OCCO1)NC(=O)CC2. The van der Waals surface area contributed by atoms with E-state index in [1.54, 1.807) is 0 Å². The molecule has 0 aromatic carbocycles. The van der Waals surface area contributed by atoms with E-state index in [1.807, 2.05) is 6.92 Å². The topological polar surface area (TPSA) is 60.5 Å².